The molecule has 0 saturated heterocycles. The summed E-state index contributed by atoms with van der Waals surface area (Å²) in [5, 5.41) is 0.867. The molecular weight excluding hydrogens is 408 g/mol. The first-order valence-corrected chi connectivity index (χ1v) is 10.6. The lowest BCUT2D eigenvalue weighted by atomic mass is 10.0. The third kappa shape index (κ3) is 3.98. The highest BCUT2D eigenvalue weighted by molar-refractivity contribution is 5.97. The van der Waals surface area contributed by atoms with E-state index in [-0.39, 0.29) is 31.2 Å². The SMILES string of the molecule is Cc1ccc2c(C)c(CCC(=O)N3CC(C(=O)N(C)C)Oc4ccccc43)c(=O)oc2c1. The van der Waals surface area contributed by atoms with E-state index in [0.29, 0.717) is 22.6 Å². The zero-order chi connectivity index (χ0) is 23.0. The molecule has 3 aromatic rings. The molecule has 1 unspecified atom stereocenters. The monoisotopic (exact) mass is 434 g/mol. The molecule has 0 N–H and O–H groups in total. The molecule has 0 bridgehead atoms. The summed E-state index contributed by atoms with van der Waals surface area (Å²) >= 11 is 0. The molecule has 0 radical (unpaired) electrons. The maximum absolute atomic E-state index is 13.2. The van der Waals surface area contributed by atoms with Gasteiger partial charge in [0.2, 0.25) is 5.91 Å². The number of ether oxygens (including phenoxy) is 1. The van der Waals surface area contributed by atoms with Crippen molar-refractivity contribution in [3.05, 3.63) is 69.6 Å². The molecule has 7 heteroatoms. The van der Waals surface area contributed by atoms with Crippen LogP contribution in [0.5, 0.6) is 5.75 Å². The summed E-state index contributed by atoms with van der Waals surface area (Å²) in [4.78, 5) is 41.4. The fourth-order valence-corrected chi connectivity index (χ4v) is 4.04. The van der Waals surface area contributed by atoms with Gasteiger partial charge in [0.05, 0.1) is 12.2 Å². The van der Waals surface area contributed by atoms with Gasteiger partial charge in [0.25, 0.3) is 5.91 Å². The smallest absolute Gasteiger partial charge is 0.339 e. The number of para-hydroxylation sites is 2. The number of hydrogen-bond donors (Lipinski definition) is 0. The van der Waals surface area contributed by atoms with Gasteiger partial charge in [-0.05, 0) is 49.6 Å². The Bertz CT molecular complexity index is 1260. The van der Waals surface area contributed by atoms with Crippen LogP contribution in [-0.2, 0) is 16.0 Å². The summed E-state index contributed by atoms with van der Waals surface area (Å²) in [6, 6.07) is 12.9. The molecule has 2 heterocycles. The van der Waals surface area contributed by atoms with E-state index >= 15 is 0 Å². The van der Waals surface area contributed by atoms with Gasteiger partial charge in [-0.3, -0.25) is 9.59 Å². The number of carbonyl (C=O) groups is 2. The van der Waals surface area contributed by atoms with Crippen molar-refractivity contribution in [2.24, 2.45) is 0 Å². The molecule has 0 aliphatic carbocycles. The van der Waals surface area contributed by atoms with Crippen molar-refractivity contribution in [2.45, 2.75) is 32.8 Å². The van der Waals surface area contributed by atoms with Gasteiger partial charge < -0.3 is 19.0 Å². The van der Waals surface area contributed by atoms with Crippen molar-refractivity contribution in [3.63, 3.8) is 0 Å². The average Bonchev–Trinajstić information content (AvgIpc) is 2.77. The highest BCUT2D eigenvalue weighted by atomic mass is 16.5. The third-order valence-corrected chi connectivity index (χ3v) is 5.82. The van der Waals surface area contributed by atoms with Gasteiger partial charge in [-0.15, -0.1) is 0 Å². The van der Waals surface area contributed by atoms with E-state index in [0.717, 1.165) is 16.5 Å². The van der Waals surface area contributed by atoms with Gasteiger partial charge >= 0.3 is 5.63 Å². The van der Waals surface area contributed by atoms with Crippen LogP contribution in [0.3, 0.4) is 0 Å². The molecule has 0 fully saturated rings. The number of likely N-dealkylation sites (N-methyl/N-ethyl adjacent to an activating group) is 1. The van der Waals surface area contributed by atoms with Gasteiger partial charge in [-0.1, -0.05) is 24.3 Å². The molecule has 1 atom stereocenters. The molecule has 0 saturated carbocycles. The summed E-state index contributed by atoms with van der Waals surface area (Å²) < 4.78 is 11.4. The molecule has 1 aliphatic rings. The number of carbonyl (C=O) groups excluding carboxylic acids is 2. The first kappa shape index (κ1) is 21.6. The molecule has 1 aliphatic heterocycles. The number of benzene rings is 2. The molecule has 4 rings (SSSR count). The molecule has 2 amide bonds. The Kier molecular flexibility index (Phi) is 5.74. The first-order chi connectivity index (χ1) is 15.3. The quantitative estimate of drug-likeness (QED) is 0.589. The lowest BCUT2D eigenvalue weighted by molar-refractivity contribution is -0.136. The highest BCUT2D eigenvalue weighted by Gasteiger charge is 2.34. The van der Waals surface area contributed by atoms with Crippen LogP contribution in [0, 0.1) is 13.8 Å². The number of aryl methyl sites for hydroxylation is 2. The molecule has 2 aromatic carbocycles. The maximum Gasteiger partial charge on any atom is 0.339 e. The summed E-state index contributed by atoms with van der Waals surface area (Å²) in [5.74, 6) is 0.0998. The second-order valence-electron chi connectivity index (χ2n) is 8.30. The lowest BCUT2D eigenvalue weighted by Crippen LogP contribution is -2.50. The lowest BCUT2D eigenvalue weighted by Gasteiger charge is -2.35. The number of rotatable bonds is 4. The summed E-state index contributed by atoms with van der Waals surface area (Å²) in [5.41, 5.74) is 3.09. The third-order valence-electron chi connectivity index (χ3n) is 5.82. The average molecular weight is 434 g/mol. The minimum absolute atomic E-state index is 0.111. The van der Waals surface area contributed by atoms with E-state index in [2.05, 4.69) is 0 Å². The number of nitrogens with zero attached hydrogens (tertiary/aromatic N) is 2. The second kappa shape index (κ2) is 8.49. The van der Waals surface area contributed by atoms with Crippen molar-refractivity contribution < 1.29 is 18.7 Å². The fourth-order valence-electron chi connectivity index (χ4n) is 4.04. The number of amides is 2. The zero-order valence-corrected chi connectivity index (χ0v) is 18.7. The van der Waals surface area contributed by atoms with Crippen LogP contribution in [0.1, 0.15) is 23.1 Å². The molecule has 166 valence electrons. The van der Waals surface area contributed by atoms with Crippen LogP contribution in [-0.4, -0.2) is 43.5 Å². The molecular formula is C25H26N2O5. The molecule has 32 heavy (non-hydrogen) atoms. The summed E-state index contributed by atoms with van der Waals surface area (Å²) in [6.07, 6.45) is -0.414. The van der Waals surface area contributed by atoms with E-state index in [1.54, 1.807) is 37.2 Å². The topological polar surface area (TPSA) is 80.1 Å². The van der Waals surface area contributed by atoms with E-state index in [9.17, 15) is 14.4 Å². The van der Waals surface area contributed by atoms with Gasteiger partial charge in [0, 0.05) is 31.5 Å². The molecule has 7 nitrogen and oxygen atoms in total. The maximum atomic E-state index is 13.2. The Balaban J connectivity index is 1.59. The van der Waals surface area contributed by atoms with Gasteiger partial charge in [-0.2, -0.15) is 0 Å². The Morgan fingerprint density at radius 3 is 2.62 bits per heavy atom. The van der Waals surface area contributed by atoms with E-state index in [4.69, 9.17) is 9.15 Å². The predicted molar refractivity (Wildman–Crippen MR) is 122 cm³/mol. The van der Waals surface area contributed by atoms with Crippen LogP contribution in [0.25, 0.3) is 11.0 Å². The van der Waals surface area contributed by atoms with Gasteiger partial charge in [-0.25, -0.2) is 4.79 Å². The van der Waals surface area contributed by atoms with Gasteiger partial charge in [0.15, 0.2) is 6.10 Å². The number of anilines is 1. The zero-order valence-electron chi connectivity index (χ0n) is 18.7. The van der Waals surface area contributed by atoms with E-state index in [1.165, 1.54) is 4.90 Å². The standard InChI is InChI=1S/C25H26N2O5/c1-15-9-10-17-16(2)18(25(30)32-21(17)13-15)11-12-23(28)27-14-22(24(29)26(3)4)31-20-8-6-5-7-19(20)27/h5-10,13,22H,11-12,14H2,1-4H3. The Hall–Kier alpha value is -3.61. The highest BCUT2D eigenvalue weighted by Crippen LogP contribution is 2.34. The predicted octanol–water partition coefficient (Wildman–Crippen LogP) is 3.22. The summed E-state index contributed by atoms with van der Waals surface area (Å²) in [7, 11) is 3.31. The van der Waals surface area contributed by atoms with Crippen LogP contribution in [0.15, 0.2) is 51.7 Å². The summed E-state index contributed by atoms with van der Waals surface area (Å²) in [6.45, 7) is 3.94. The van der Waals surface area contributed by atoms with Crippen LogP contribution in [0.4, 0.5) is 5.69 Å². The van der Waals surface area contributed by atoms with Crippen LogP contribution < -0.4 is 15.3 Å². The minimum atomic E-state index is -0.778. The first-order valence-electron chi connectivity index (χ1n) is 10.6. The largest absolute Gasteiger partial charge is 0.476 e. The van der Waals surface area contributed by atoms with Gasteiger partial charge in [0.1, 0.15) is 11.3 Å². The van der Waals surface area contributed by atoms with Crippen molar-refractivity contribution in [3.8, 4) is 5.75 Å². The second-order valence-corrected chi connectivity index (χ2v) is 8.30. The van der Waals surface area contributed by atoms with Crippen LogP contribution in [0.2, 0.25) is 0 Å². The van der Waals surface area contributed by atoms with E-state index in [1.807, 2.05) is 38.1 Å². The van der Waals surface area contributed by atoms with Crippen molar-refractivity contribution in [1.29, 1.82) is 0 Å². The fraction of sp³-hybridized carbons (Fsp3) is 0.320. The van der Waals surface area contributed by atoms with Crippen LogP contribution >= 0.6 is 0 Å². The molecule has 0 spiro atoms. The Morgan fingerprint density at radius 2 is 1.88 bits per heavy atom. The van der Waals surface area contributed by atoms with E-state index < -0.39 is 11.7 Å². The van der Waals surface area contributed by atoms with Crippen molar-refractivity contribution in [2.75, 3.05) is 25.5 Å². The molecule has 1 aromatic heterocycles. The Labute approximate surface area is 186 Å². The Morgan fingerprint density at radius 1 is 1.12 bits per heavy atom. The number of fused-ring (bicyclic) bond motifs is 2. The minimum Gasteiger partial charge on any atom is -0.476 e. The normalized spacial score (nSPS) is 15.2. The van der Waals surface area contributed by atoms with Crippen molar-refractivity contribution in [1.82, 2.24) is 4.90 Å². The van der Waals surface area contributed by atoms with Crippen molar-refractivity contribution >= 4 is 28.5 Å². The number of hydrogen-bond acceptors (Lipinski definition) is 5.